The lowest BCUT2D eigenvalue weighted by atomic mass is 10.1. The van der Waals surface area contributed by atoms with Gasteiger partial charge in [0, 0.05) is 16.6 Å². The van der Waals surface area contributed by atoms with E-state index in [1.165, 1.54) is 5.56 Å². The molecule has 0 aliphatic heterocycles. The first kappa shape index (κ1) is 17.2. The van der Waals surface area contributed by atoms with Crippen molar-refractivity contribution < 1.29 is 9.53 Å². The number of hydrogen-bond donors (Lipinski definition) is 1. The van der Waals surface area contributed by atoms with Crippen LogP contribution in [0.1, 0.15) is 17.0 Å². The standard InChI is InChI=1S/C20H20N2O2S/c1-14-3-9-18(10-4-14)24-12-11-20(23)22-17-7-5-16(6-8-17)19-13-25-15(2)21-19/h3-10,13H,11-12H2,1-2H3,(H,22,23). The van der Waals surface area contributed by atoms with E-state index < -0.39 is 0 Å². The Hall–Kier alpha value is -2.66. The molecule has 3 aromatic rings. The highest BCUT2D eigenvalue weighted by molar-refractivity contribution is 7.09. The van der Waals surface area contributed by atoms with E-state index in [1.807, 2.05) is 67.8 Å². The highest BCUT2D eigenvalue weighted by Gasteiger charge is 2.05. The van der Waals surface area contributed by atoms with Crippen molar-refractivity contribution in [1.82, 2.24) is 4.98 Å². The average molecular weight is 352 g/mol. The molecule has 2 aromatic carbocycles. The quantitative estimate of drug-likeness (QED) is 0.691. The summed E-state index contributed by atoms with van der Waals surface area (Å²) >= 11 is 1.63. The van der Waals surface area contributed by atoms with E-state index in [-0.39, 0.29) is 5.91 Å². The van der Waals surface area contributed by atoms with Gasteiger partial charge in [-0.2, -0.15) is 0 Å². The van der Waals surface area contributed by atoms with Gasteiger partial charge < -0.3 is 10.1 Å². The summed E-state index contributed by atoms with van der Waals surface area (Å²) in [6, 6.07) is 15.5. The van der Waals surface area contributed by atoms with Crippen molar-refractivity contribution in [3.8, 4) is 17.0 Å². The maximum Gasteiger partial charge on any atom is 0.227 e. The lowest BCUT2D eigenvalue weighted by Crippen LogP contribution is -2.15. The van der Waals surface area contributed by atoms with Crippen LogP contribution in [0.4, 0.5) is 5.69 Å². The van der Waals surface area contributed by atoms with Crippen LogP contribution in [-0.4, -0.2) is 17.5 Å². The first-order valence-electron chi connectivity index (χ1n) is 8.12. The summed E-state index contributed by atoms with van der Waals surface area (Å²) in [6.45, 7) is 4.37. The van der Waals surface area contributed by atoms with E-state index >= 15 is 0 Å². The van der Waals surface area contributed by atoms with Crippen molar-refractivity contribution in [1.29, 1.82) is 0 Å². The van der Waals surface area contributed by atoms with E-state index in [9.17, 15) is 4.79 Å². The second kappa shape index (κ2) is 7.94. The highest BCUT2D eigenvalue weighted by Crippen LogP contribution is 2.23. The number of rotatable bonds is 6. The van der Waals surface area contributed by atoms with Crippen molar-refractivity contribution in [2.75, 3.05) is 11.9 Å². The van der Waals surface area contributed by atoms with Gasteiger partial charge in [-0.1, -0.05) is 29.8 Å². The van der Waals surface area contributed by atoms with Gasteiger partial charge in [0.25, 0.3) is 0 Å². The number of carbonyl (C=O) groups excluding carboxylic acids is 1. The number of thiazole rings is 1. The number of nitrogens with zero attached hydrogens (tertiary/aromatic N) is 1. The van der Waals surface area contributed by atoms with Gasteiger partial charge in [-0.25, -0.2) is 4.98 Å². The van der Waals surface area contributed by atoms with Gasteiger partial charge >= 0.3 is 0 Å². The van der Waals surface area contributed by atoms with Gasteiger partial charge in [-0.05, 0) is 38.1 Å². The highest BCUT2D eigenvalue weighted by atomic mass is 32.1. The molecular weight excluding hydrogens is 332 g/mol. The normalized spacial score (nSPS) is 10.5. The molecule has 4 nitrogen and oxygen atoms in total. The first-order valence-corrected chi connectivity index (χ1v) is 9.00. The molecule has 0 bridgehead atoms. The number of ether oxygens (including phenoxy) is 1. The Balaban J connectivity index is 1.48. The van der Waals surface area contributed by atoms with E-state index in [4.69, 9.17) is 4.74 Å². The lowest BCUT2D eigenvalue weighted by Gasteiger charge is -2.08. The van der Waals surface area contributed by atoms with Crippen LogP contribution in [0.5, 0.6) is 5.75 Å². The van der Waals surface area contributed by atoms with Gasteiger partial charge in [0.05, 0.1) is 23.7 Å². The van der Waals surface area contributed by atoms with Crippen LogP contribution in [0.3, 0.4) is 0 Å². The van der Waals surface area contributed by atoms with Gasteiger partial charge in [0.2, 0.25) is 5.91 Å². The number of carbonyl (C=O) groups is 1. The molecule has 0 fully saturated rings. The van der Waals surface area contributed by atoms with E-state index in [0.717, 1.165) is 27.7 Å². The molecule has 0 aliphatic carbocycles. The molecule has 0 saturated heterocycles. The zero-order valence-electron chi connectivity index (χ0n) is 14.3. The third kappa shape index (κ3) is 4.90. The molecule has 0 spiro atoms. The minimum Gasteiger partial charge on any atom is -0.493 e. The number of benzene rings is 2. The lowest BCUT2D eigenvalue weighted by molar-refractivity contribution is -0.116. The minimum atomic E-state index is -0.0654. The number of aryl methyl sites for hydroxylation is 2. The molecule has 1 N–H and O–H groups in total. The number of nitrogens with one attached hydrogen (secondary N) is 1. The summed E-state index contributed by atoms with van der Waals surface area (Å²) in [5.41, 5.74) is 3.97. The topological polar surface area (TPSA) is 51.2 Å². The molecule has 5 heteroatoms. The third-order valence-corrected chi connectivity index (χ3v) is 4.48. The largest absolute Gasteiger partial charge is 0.493 e. The average Bonchev–Trinajstić information content (AvgIpc) is 3.04. The number of anilines is 1. The molecular formula is C20H20N2O2S. The van der Waals surface area contributed by atoms with Crippen molar-refractivity contribution in [3.63, 3.8) is 0 Å². The molecule has 0 aliphatic rings. The SMILES string of the molecule is Cc1ccc(OCCC(=O)Nc2ccc(-c3csc(C)n3)cc2)cc1. The van der Waals surface area contributed by atoms with Crippen LogP contribution in [-0.2, 0) is 4.79 Å². The molecule has 1 heterocycles. The predicted octanol–water partition coefficient (Wildman–Crippen LogP) is 4.83. The van der Waals surface area contributed by atoms with Crippen LogP contribution in [0, 0.1) is 13.8 Å². The van der Waals surface area contributed by atoms with Gasteiger partial charge in [0.1, 0.15) is 5.75 Å². The maximum atomic E-state index is 12.0. The van der Waals surface area contributed by atoms with Crippen molar-refractivity contribution in [2.45, 2.75) is 20.3 Å². The maximum absolute atomic E-state index is 12.0. The monoisotopic (exact) mass is 352 g/mol. The van der Waals surface area contributed by atoms with Crippen LogP contribution in [0.15, 0.2) is 53.9 Å². The molecule has 1 amide bonds. The number of hydrogen-bond acceptors (Lipinski definition) is 4. The van der Waals surface area contributed by atoms with Gasteiger partial charge in [0.15, 0.2) is 0 Å². The summed E-state index contributed by atoms with van der Waals surface area (Å²) in [6.07, 6.45) is 0.306. The smallest absolute Gasteiger partial charge is 0.227 e. The first-order chi connectivity index (χ1) is 12.1. The van der Waals surface area contributed by atoms with E-state index in [0.29, 0.717) is 13.0 Å². The molecule has 0 unspecified atom stereocenters. The molecule has 1 aromatic heterocycles. The Kier molecular flexibility index (Phi) is 5.46. The van der Waals surface area contributed by atoms with Gasteiger partial charge in [-0.15, -0.1) is 11.3 Å². The van der Waals surface area contributed by atoms with E-state index in [1.54, 1.807) is 11.3 Å². The second-order valence-corrected chi connectivity index (χ2v) is 6.85. The van der Waals surface area contributed by atoms with Crippen LogP contribution >= 0.6 is 11.3 Å². The molecule has 0 radical (unpaired) electrons. The van der Waals surface area contributed by atoms with Crippen molar-refractivity contribution in [2.24, 2.45) is 0 Å². The van der Waals surface area contributed by atoms with Crippen molar-refractivity contribution in [3.05, 3.63) is 64.5 Å². The summed E-state index contributed by atoms with van der Waals surface area (Å²) in [5, 5.41) is 5.96. The van der Waals surface area contributed by atoms with Crippen LogP contribution < -0.4 is 10.1 Å². The number of amides is 1. The summed E-state index contributed by atoms with van der Waals surface area (Å²) in [4.78, 5) is 16.5. The fourth-order valence-electron chi connectivity index (χ4n) is 2.34. The Labute approximate surface area is 151 Å². The Morgan fingerprint density at radius 1 is 1.08 bits per heavy atom. The summed E-state index contributed by atoms with van der Waals surface area (Å²) in [7, 11) is 0. The molecule has 128 valence electrons. The Morgan fingerprint density at radius 3 is 2.44 bits per heavy atom. The van der Waals surface area contributed by atoms with E-state index in [2.05, 4.69) is 10.3 Å². The Morgan fingerprint density at radius 2 is 1.80 bits per heavy atom. The molecule has 0 atom stereocenters. The van der Waals surface area contributed by atoms with Crippen molar-refractivity contribution >= 4 is 22.9 Å². The molecule has 3 rings (SSSR count). The van der Waals surface area contributed by atoms with Crippen LogP contribution in [0.2, 0.25) is 0 Å². The van der Waals surface area contributed by atoms with Gasteiger partial charge in [-0.3, -0.25) is 4.79 Å². The minimum absolute atomic E-state index is 0.0654. The molecule has 25 heavy (non-hydrogen) atoms. The fourth-order valence-corrected chi connectivity index (χ4v) is 2.96. The fraction of sp³-hybridized carbons (Fsp3) is 0.200. The molecule has 0 saturated carbocycles. The zero-order valence-corrected chi connectivity index (χ0v) is 15.1. The second-order valence-electron chi connectivity index (χ2n) is 5.79. The summed E-state index contributed by atoms with van der Waals surface area (Å²) in [5.74, 6) is 0.714. The third-order valence-electron chi connectivity index (χ3n) is 3.70. The zero-order chi connectivity index (χ0) is 17.6. The summed E-state index contributed by atoms with van der Waals surface area (Å²) < 4.78 is 5.58. The Bertz CT molecular complexity index is 839. The number of aromatic nitrogens is 1. The predicted molar refractivity (Wildman–Crippen MR) is 102 cm³/mol. The van der Waals surface area contributed by atoms with Crippen LogP contribution in [0.25, 0.3) is 11.3 Å².